The summed E-state index contributed by atoms with van der Waals surface area (Å²) in [7, 11) is 0. The molecule has 2 rings (SSSR count). The van der Waals surface area contributed by atoms with Gasteiger partial charge in [-0.05, 0) is 18.9 Å². The molecule has 1 aromatic carbocycles. The summed E-state index contributed by atoms with van der Waals surface area (Å²) in [6, 6.07) is 11.1. The SMILES string of the molecule is C[C@@H](Cc1ccccc1)NC(=O)OC[n+]1ccc(C(=O)N[C@@H](CC(N)=O)C(=O)O)cc1.[Cl-]. The van der Waals surface area contributed by atoms with E-state index in [1.165, 1.54) is 29.1 Å². The van der Waals surface area contributed by atoms with E-state index in [9.17, 15) is 19.2 Å². The molecule has 0 saturated carbocycles. The molecule has 0 fully saturated rings. The number of halogens is 1. The Balaban J connectivity index is 0.00000512. The number of primary amides is 1. The number of nitrogens with one attached hydrogen (secondary N) is 2. The first-order valence-electron chi connectivity index (χ1n) is 9.53. The van der Waals surface area contributed by atoms with Crippen LogP contribution in [0.25, 0.3) is 0 Å². The summed E-state index contributed by atoms with van der Waals surface area (Å²) >= 11 is 0. The lowest BCUT2D eigenvalue weighted by molar-refractivity contribution is -0.727. The lowest BCUT2D eigenvalue weighted by atomic mass is 10.1. The molecular formula is C21H25ClN4O6. The summed E-state index contributed by atoms with van der Waals surface area (Å²) in [6.07, 6.45) is 2.58. The van der Waals surface area contributed by atoms with Gasteiger partial charge < -0.3 is 38.6 Å². The highest BCUT2D eigenvalue weighted by molar-refractivity contribution is 5.97. The highest BCUT2D eigenvalue weighted by Crippen LogP contribution is 2.03. The highest BCUT2D eigenvalue weighted by Gasteiger charge is 2.23. The van der Waals surface area contributed by atoms with Crippen LogP contribution in [0, 0.1) is 0 Å². The number of nitrogens with zero attached hydrogens (tertiary/aromatic N) is 1. The van der Waals surface area contributed by atoms with E-state index in [0.717, 1.165) is 5.56 Å². The fourth-order valence-corrected chi connectivity index (χ4v) is 2.73. The molecule has 0 saturated heterocycles. The van der Waals surface area contributed by atoms with Crippen LogP contribution in [0.15, 0.2) is 54.9 Å². The molecule has 5 N–H and O–H groups in total. The number of rotatable bonds is 10. The molecule has 0 aliphatic carbocycles. The number of carbonyl (C=O) groups excluding carboxylic acids is 3. The van der Waals surface area contributed by atoms with E-state index in [2.05, 4.69) is 10.6 Å². The summed E-state index contributed by atoms with van der Waals surface area (Å²) in [6.45, 7) is 1.79. The van der Waals surface area contributed by atoms with Gasteiger partial charge in [0.25, 0.3) is 12.6 Å². The van der Waals surface area contributed by atoms with Crippen molar-refractivity contribution in [3.63, 3.8) is 0 Å². The summed E-state index contributed by atoms with van der Waals surface area (Å²) in [5.41, 5.74) is 6.26. The minimum atomic E-state index is -1.41. The number of aliphatic carboxylic acids is 1. The molecule has 0 aliphatic rings. The molecule has 0 unspecified atom stereocenters. The van der Waals surface area contributed by atoms with Crippen LogP contribution in [0.5, 0.6) is 0 Å². The van der Waals surface area contributed by atoms with E-state index in [1.54, 1.807) is 0 Å². The molecule has 2 aromatic rings. The van der Waals surface area contributed by atoms with Crippen molar-refractivity contribution in [1.29, 1.82) is 0 Å². The first-order valence-corrected chi connectivity index (χ1v) is 9.53. The van der Waals surface area contributed by atoms with Crippen molar-refractivity contribution in [3.05, 3.63) is 66.0 Å². The molecule has 11 heteroatoms. The standard InChI is InChI=1S/C21H24N4O6.ClH/c1-14(11-15-5-3-2-4-6-15)23-21(30)31-13-25-9-7-16(8-10-25)19(27)24-17(20(28)29)12-18(22)26;/h2-10,14,17H,11-13H2,1H3,(H4-,22,23,24,26,27,28,29,30);1H/t14-,17-;/m0./s1. The molecule has 1 heterocycles. The predicted octanol–water partition coefficient (Wildman–Crippen LogP) is -2.65. The normalized spacial score (nSPS) is 11.9. The number of aromatic nitrogens is 1. The van der Waals surface area contributed by atoms with Crippen molar-refractivity contribution in [3.8, 4) is 0 Å². The molecule has 1 aromatic heterocycles. The van der Waals surface area contributed by atoms with Crippen LogP contribution >= 0.6 is 0 Å². The van der Waals surface area contributed by atoms with Crippen LogP contribution in [0.1, 0.15) is 29.3 Å². The molecule has 0 spiro atoms. The third-order valence-corrected chi connectivity index (χ3v) is 4.26. The van der Waals surface area contributed by atoms with Gasteiger partial charge in [-0.3, -0.25) is 9.59 Å². The summed E-state index contributed by atoms with van der Waals surface area (Å²) in [4.78, 5) is 46.1. The number of carboxylic acid groups (broad SMARTS) is 1. The second kappa shape index (κ2) is 12.9. The Morgan fingerprint density at radius 2 is 1.69 bits per heavy atom. The van der Waals surface area contributed by atoms with Gasteiger partial charge in [0.05, 0.1) is 12.0 Å². The smallest absolute Gasteiger partial charge is 0.412 e. The number of benzene rings is 1. The van der Waals surface area contributed by atoms with Crippen molar-refractivity contribution in [2.24, 2.45) is 5.73 Å². The van der Waals surface area contributed by atoms with Crippen LogP contribution < -0.4 is 33.3 Å². The van der Waals surface area contributed by atoms with Gasteiger partial charge in [0.1, 0.15) is 6.04 Å². The topological polar surface area (TPSA) is 152 Å². The minimum absolute atomic E-state index is 0. The van der Waals surface area contributed by atoms with Gasteiger partial charge in [0, 0.05) is 18.2 Å². The fraction of sp³-hybridized carbons (Fsp3) is 0.286. The van der Waals surface area contributed by atoms with Gasteiger partial charge in [-0.2, -0.15) is 4.57 Å². The quantitative estimate of drug-likeness (QED) is 0.282. The Bertz CT molecular complexity index is 924. The molecule has 0 bridgehead atoms. The van der Waals surface area contributed by atoms with Crippen LogP contribution in [-0.4, -0.2) is 41.1 Å². The van der Waals surface area contributed by atoms with Crippen molar-refractivity contribution >= 4 is 23.9 Å². The number of carboxylic acids is 1. The number of hydrogen-bond acceptors (Lipinski definition) is 5. The van der Waals surface area contributed by atoms with Gasteiger partial charge >= 0.3 is 12.1 Å². The Hall–Kier alpha value is -3.66. The third kappa shape index (κ3) is 9.00. The summed E-state index contributed by atoms with van der Waals surface area (Å²) < 4.78 is 6.68. The first-order chi connectivity index (χ1) is 14.7. The molecule has 10 nitrogen and oxygen atoms in total. The first kappa shape index (κ1) is 26.4. The van der Waals surface area contributed by atoms with Crippen LogP contribution in [0.3, 0.4) is 0 Å². The van der Waals surface area contributed by atoms with Crippen molar-refractivity contribution in [2.75, 3.05) is 0 Å². The van der Waals surface area contributed by atoms with Crippen LogP contribution in [0.4, 0.5) is 4.79 Å². The monoisotopic (exact) mass is 464 g/mol. The third-order valence-electron chi connectivity index (χ3n) is 4.26. The Morgan fingerprint density at radius 1 is 1.06 bits per heavy atom. The molecule has 2 atom stereocenters. The zero-order valence-corrected chi connectivity index (χ0v) is 18.1. The number of hydrogen-bond donors (Lipinski definition) is 4. The molecule has 32 heavy (non-hydrogen) atoms. The van der Waals surface area contributed by atoms with Gasteiger partial charge in [-0.25, -0.2) is 9.59 Å². The number of carbonyl (C=O) groups is 4. The van der Waals surface area contributed by atoms with Crippen LogP contribution in [0.2, 0.25) is 0 Å². The van der Waals surface area contributed by atoms with Crippen molar-refractivity contribution in [1.82, 2.24) is 10.6 Å². The molecule has 0 aliphatic heterocycles. The van der Waals surface area contributed by atoms with Crippen molar-refractivity contribution in [2.45, 2.75) is 38.6 Å². The summed E-state index contributed by atoms with van der Waals surface area (Å²) in [5.74, 6) is -2.87. The van der Waals surface area contributed by atoms with Gasteiger partial charge in [0.15, 0.2) is 12.4 Å². The Kier molecular flexibility index (Phi) is 10.6. The Labute approximate surface area is 191 Å². The maximum absolute atomic E-state index is 12.2. The van der Waals surface area contributed by atoms with E-state index < -0.39 is 36.3 Å². The average molecular weight is 465 g/mol. The number of pyridine rings is 1. The molecular weight excluding hydrogens is 440 g/mol. The number of amides is 3. The summed E-state index contributed by atoms with van der Waals surface area (Å²) in [5, 5.41) is 14.0. The van der Waals surface area contributed by atoms with E-state index in [0.29, 0.717) is 6.42 Å². The zero-order valence-electron chi connectivity index (χ0n) is 17.4. The second-order valence-corrected chi connectivity index (χ2v) is 6.93. The minimum Gasteiger partial charge on any atom is -1.00 e. The maximum Gasteiger partial charge on any atom is 0.412 e. The van der Waals surface area contributed by atoms with Gasteiger partial charge in [-0.1, -0.05) is 30.3 Å². The molecule has 172 valence electrons. The highest BCUT2D eigenvalue weighted by atomic mass is 35.5. The number of nitrogens with two attached hydrogens (primary N) is 1. The van der Waals surface area contributed by atoms with Gasteiger partial charge in [-0.15, -0.1) is 0 Å². The lowest BCUT2D eigenvalue weighted by Crippen LogP contribution is -3.00. The lowest BCUT2D eigenvalue weighted by Gasteiger charge is -2.13. The van der Waals surface area contributed by atoms with E-state index in [4.69, 9.17) is 15.6 Å². The second-order valence-electron chi connectivity index (χ2n) is 6.93. The maximum atomic E-state index is 12.2. The van der Waals surface area contributed by atoms with Gasteiger partial charge in [0.2, 0.25) is 5.91 Å². The average Bonchev–Trinajstić information content (AvgIpc) is 2.72. The largest absolute Gasteiger partial charge is 1.00 e. The number of alkyl carbamates (subject to hydrolysis) is 1. The van der Waals surface area contributed by atoms with E-state index in [-0.39, 0.29) is 30.7 Å². The zero-order chi connectivity index (χ0) is 22.8. The fourth-order valence-electron chi connectivity index (χ4n) is 2.73. The Morgan fingerprint density at radius 3 is 2.25 bits per heavy atom. The predicted molar refractivity (Wildman–Crippen MR) is 109 cm³/mol. The van der Waals surface area contributed by atoms with Crippen molar-refractivity contribution < 1.29 is 46.0 Å². The van der Waals surface area contributed by atoms with Crippen LogP contribution in [-0.2, 0) is 27.5 Å². The van der Waals surface area contributed by atoms with E-state index in [1.807, 2.05) is 37.3 Å². The van der Waals surface area contributed by atoms with E-state index >= 15 is 0 Å². The number of ether oxygens (including phenoxy) is 1. The molecule has 3 amide bonds. The molecule has 0 radical (unpaired) electrons.